The predicted molar refractivity (Wildman–Crippen MR) is 71.1 cm³/mol. The molecule has 0 aliphatic heterocycles. The van der Waals surface area contributed by atoms with Crippen LogP contribution in [0.3, 0.4) is 0 Å². The molecule has 0 amide bonds. The van der Waals surface area contributed by atoms with Crippen LogP contribution < -0.4 is 11.1 Å². The molecule has 0 bridgehead atoms. The van der Waals surface area contributed by atoms with Crippen LogP contribution in [0.2, 0.25) is 0 Å². The van der Waals surface area contributed by atoms with Crippen molar-refractivity contribution in [3.05, 3.63) is 47.9 Å². The van der Waals surface area contributed by atoms with Gasteiger partial charge in [0.1, 0.15) is 5.76 Å². The summed E-state index contributed by atoms with van der Waals surface area (Å²) in [6, 6.07) is 10.2. The van der Waals surface area contributed by atoms with E-state index in [9.17, 15) is 0 Å². The molecule has 3 heteroatoms. The molecular formula is C14H18N2O. The Hall–Kier alpha value is -1.90. The molecule has 0 saturated carbocycles. The maximum atomic E-state index is 5.81. The van der Waals surface area contributed by atoms with Crippen LogP contribution in [0.5, 0.6) is 0 Å². The first-order valence-electron chi connectivity index (χ1n) is 5.79. The van der Waals surface area contributed by atoms with E-state index in [0.717, 1.165) is 29.1 Å². The van der Waals surface area contributed by atoms with Gasteiger partial charge in [0.2, 0.25) is 0 Å². The molecule has 0 radical (unpaired) electrons. The van der Waals surface area contributed by atoms with E-state index in [1.54, 1.807) is 6.26 Å². The zero-order valence-electron chi connectivity index (χ0n) is 10.2. The third-order valence-corrected chi connectivity index (χ3v) is 2.60. The van der Waals surface area contributed by atoms with E-state index in [0.29, 0.717) is 6.04 Å². The van der Waals surface area contributed by atoms with E-state index >= 15 is 0 Å². The van der Waals surface area contributed by atoms with Gasteiger partial charge in [-0.2, -0.15) is 0 Å². The smallest absolute Gasteiger partial charge is 0.105 e. The number of anilines is 2. The van der Waals surface area contributed by atoms with Gasteiger partial charge in [0.15, 0.2) is 0 Å². The first-order valence-corrected chi connectivity index (χ1v) is 5.79. The van der Waals surface area contributed by atoms with Crippen LogP contribution in [0.4, 0.5) is 11.4 Å². The fourth-order valence-electron chi connectivity index (χ4n) is 1.96. The summed E-state index contributed by atoms with van der Waals surface area (Å²) in [7, 11) is 0. The normalized spacial score (nSPS) is 12.4. The van der Waals surface area contributed by atoms with Gasteiger partial charge in [0, 0.05) is 23.8 Å². The summed E-state index contributed by atoms with van der Waals surface area (Å²) in [5, 5.41) is 3.42. The molecule has 1 aromatic carbocycles. The highest BCUT2D eigenvalue weighted by molar-refractivity contribution is 5.57. The second-order valence-corrected chi connectivity index (χ2v) is 4.46. The van der Waals surface area contributed by atoms with Crippen LogP contribution in [0.1, 0.15) is 18.2 Å². The molecule has 0 aliphatic carbocycles. The predicted octanol–water partition coefficient (Wildman–Crippen LogP) is 3.21. The number of benzene rings is 1. The molecule has 2 aromatic rings. The van der Waals surface area contributed by atoms with Gasteiger partial charge in [0.25, 0.3) is 0 Å². The average Bonchev–Trinajstić information content (AvgIpc) is 2.67. The van der Waals surface area contributed by atoms with Gasteiger partial charge in [-0.1, -0.05) is 0 Å². The van der Waals surface area contributed by atoms with E-state index in [1.807, 2.05) is 31.2 Å². The van der Waals surface area contributed by atoms with Crippen molar-refractivity contribution in [1.29, 1.82) is 0 Å². The number of aryl methyl sites for hydroxylation is 1. The van der Waals surface area contributed by atoms with Gasteiger partial charge < -0.3 is 15.5 Å². The summed E-state index contributed by atoms with van der Waals surface area (Å²) in [5.41, 5.74) is 8.82. The summed E-state index contributed by atoms with van der Waals surface area (Å²) in [6.45, 7) is 4.17. The second kappa shape index (κ2) is 4.95. The maximum absolute atomic E-state index is 5.81. The minimum absolute atomic E-state index is 0.308. The third kappa shape index (κ3) is 3.28. The number of nitrogen functional groups attached to an aromatic ring is 1. The molecule has 1 aromatic heterocycles. The summed E-state index contributed by atoms with van der Waals surface area (Å²) >= 11 is 0. The summed E-state index contributed by atoms with van der Waals surface area (Å²) in [6.07, 6.45) is 2.56. The van der Waals surface area contributed by atoms with E-state index in [4.69, 9.17) is 10.2 Å². The Balaban J connectivity index is 2.00. The van der Waals surface area contributed by atoms with Gasteiger partial charge in [-0.15, -0.1) is 0 Å². The first-order chi connectivity index (χ1) is 8.13. The van der Waals surface area contributed by atoms with Gasteiger partial charge in [-0.25, -0.2) is 0 Å². The highest BCUT2D eigenvalue weighted by atomic mass is 16.3. The highest BCUT2D eigenvalue weighted by Crippen LogP contribution is 2.17. The van der Waals surface area contributed by atoms with Gasteiger partial charge in [-0.3, -0.25) is 0 Å². The molecule has 2 rings (SSSR count). The molecule has 90 valence electrons. The standard InChI is InChI=1S/C14H18N2O/c1-10-6-12(15)9-13(7-10)16-11(2)8-14-4-3-5-17-14/h3-7,9,11,16H,8,15H2,1-2H3. The van der Waals surface area contributed by atoms with Crippen LogP contribution in [-0.2, 0) is 6.42 Å². The van der Waals surface area contributed by atoms with E-state index in [-0.39, 0.29) is 0 Å². The quantitative estimate of drug-likeness (QED) is 0.793. The lowest BCUT2D eigenvalue weighted by molar-refractivity contribution is 0.498. The number of nitrogens with two attached hydrogens (primary N) is 1. The third-order valence-electron chi connectivity index (χ3n) is 2.60. The summed E-state index contributed by atoms with van der Waals surface area (Å²) < 4.78 is 5.32. The van der Waals surface area contributed by atoms with E-state index in [1.165, 1.54) is 0 Å². The molecular weight excluding hydrogens is 212 g/mol. The summed E-state index contributed by atoms with van der Waals surface area (Å²) in [4.78, 5) is 0. The van der Waals surface area contributed by atoms with Crippen molar-refractivity contribution in [2.75, 3.05) is 11.1 Å². The number of hydrogen-bond donors (Lipinski definition) is 2. The maximum Gasteiger partial charge on any atom is 0.105 e. The molecule has 3 nitrogen and oxygen atoms in total. The largest absolute Gasteiger partial charge is 0.469 e. The van der Waals surface area contributed by atoms with Crippen molar-refractivity contribution in [3.63, 3.8) is 0 Å². The lowest BCUT2D eigenvalue weighted by Gasteiger charge is -2.15. The number of rotatable bonds is 4. The Morgan fingerprint density at radius 3 is 2.82 bits per heavy atom. The van der Waals surface area contributed by atoms with Crippen molar-refractivity contribution in [1.82, 2.24) is 0 Å². The lowest BCUT2D eigenvalue weighted by atomic mass is 10.1. The van der Waals surface area contributed by atoms with Crippen LogP contribution >= 0.6 is 0 Å². The Kier molecular flexibility index (Phi) is 3.38. The Bertz CT molecular complexity index is 457. The molecule has 0 spiro atoms. The van der Waals surface area contributed by atoms with Crippen molar-refractivity contribution in [2.45, 2.75) is 26.3 Å². The second-order valence-electron chi connectivity index (χ2n) is 4.46. The topological polar surface area (TPSA) is 51.2 Å². The molecule has 17 heavy (non-hydrogen) atoms. The van der Waals surface area contributed by atoms with Crippen LogP contribution in [0, 0.1) is 6.92 Å². The van der Waals surface area contributed by atoms with Crippen molar-refractivity contribution in [2.24, 2.45) is 0 Å². The molecule has 0 aliphatic rings. The molecule has 1 heterocycles. The zero-order valence-corrected chi connectivity index (χ0v) is 10.2. The molecule has 1 unspecified atom stereocenters. The fraction of sp³-hybridized carbons (Fsp3) is 0.286. The van der Waals surface area contributed by atoms with Crippen LogP contribution in [0.15, 0.2) is 41.0 Å². The molecule has 1 atom stereocenters. The fourth-order valence-corrected chi connectivity index (χ4v) is 1.96. The van der Waals surface area contributed by atoms with Gasteiger partial charge >= 0.3 is 0 Å². The molecule has 3 N–H and O–H groups in total. The minimum Gasteiger partial charge on any atom is -0.469 e. The SMILES string of the molecule is Cc1cc(N)cc(NC(C)Cc2ccco2)c1. The van der Waals surface area contributed by atoms with Crippen molar-refractivity contribution < 1.29 is 4.42 Å². The summed E-state index contributed by atoms with van der Waals surface area (Å²) in [5.74, 6) is 0.991. The lowest BCUT2D eigenvalue weighted by Crippen LogP contribution is -2.17. The number of furan rings is 1. The van der Waals surface area contributed by atoms with E-state index < -0.39 is 0 Å². The molecule has 0 saturated heterocycles. The van der Waals surface area contributed by atoms with Gasteiger partial charge in [0.05, 0.1) is 6.26 Å². The Labute approximate surface area is 102 Å². The Morgan fingerprint density at radius 2 is 2.18 bits per heavy atom. The average molecular weight is 230 g/mol. The Morgan fingerprint density at radius 1 is 1.35 bits per heavy atom. The van der Waals surface area contributed by atoms with Crippen molar-refractivity contribution in [3.8, 4) is 0 Å². The number of hydrogen-bond acceptors (Lipinski definition) is 3. The molecule has 0 fully saturated rings. The van der Waals surface area contributed by atoms with E-state index in [2.05, 4.69) is 18.3 Å². The first kappa shape index (κ1) is 11.6. The highest BCUT2D eigenvalue weighted by Gasteiger charge is 2.06. The van der Waals surface area contributed by atoms with Crippen LogP contribution in [0.25, 0.3) is 0 Å². The van der Waals surface area contributed by atoms with Gasteiger partial charge in [-0.05, 0) is 49.7 Å². The monoisotopic (exact) mass is 230 g/mol. The zero-order chi connectivity index (χ0) is 12.3. The van der Waals surface area contributed by atoms with Crippen molar-refractivity contribution >= 4 is 11.4 Å². The minimum atomic E-state index is 0.308. The number of nitrogens with one attached hydrogen (secondary N) is 1. The van der Waals surface area contributed by atoms with Crippen LogP contribution in [-0.4, -0.2) is 6.04 Å².